The summed E-state index contributed by atoms with van der Waals surface area (Å²) < 4.78 is 0. The van der Waals surface area contributed by atoms with Gasteiger partial charge < -0.3 is 15.3 Å². The third-order valence-electron chi connectivity index (χ3n) is 10.8. The number of allylic oxidation sites excluding steroid dienone is 2. The van der Waals surface area contributed by atoms with Crippen LogP contribution in [0, 0.1) is 40.4 Å². The van der Waals surface area contributed by atoms with Crippen LogP contribution in [0.15, 0.2) is 23.3 Å². The molecule has 4 aliphatic rings. The summed E-state index contributed by atoms with van der Waals surface area (Å²) in [6.07, 6.45) is 4.89. The molecule has 2 fully saturated rings. The van der Waals surface area contributed by atoms with Crippen LogP contribution in [0.1, 0.15) is 92.9 Å². The number of carbonyl (C=O) groups is 1. The summed E-state index contributed by atoms with van der Waals surface area (Å²) in [5.41, 5.74) is 1.21. The Morgan fingerprint density at radius 1 is 1.12 bits per heavy atom. The maximum absolute atomic E-state index is 13.9. The van der Waals surface area contributed by atoms with E-state index in [4.69, 9.17) is 0 Å². The molecule has 186 valence electrons. The summed E-state index contributed by atoms with van der Waals surface area (Å²) in [4.78, 5) is 13.9. The predicted molar refractivity (Wildman–Crippen MR) is 131 cm³/mol. The Labute approximate surface area is 200 Å². The Hall–Kier alpha value is -0.970. The molecule has 0 heterocycles. The van der Waals surface area contributed by atoms with Crippen molar-refractivity contribution in [3.63, 3.8) is 0 Å². The Morgan fingerprint density at radius 2 is 1.79 bits per heavy atom. The molecule has 0 unspecified atom stereocenters. The fourth-order valence-electron chi connectivity index (χ4n) is 8.61. The normalized spacial score (nSPS) is 46.1. The lowest BCUT2D eigenvalue weighted by molar-refractivity contribution is -0.174. The minimum Gasteiger partial charge on any atom is -0.390 e. The van der Waals surface area contributed by atoms with Crippen molar-refractivity contribution in [3.8, 4) is 0 Å². The first-order valence-corrected chi connectivity index (χ1v) is 13.3. The van der Waals surface area contributed by atoms with E-state index in [0.29, 0.717) is 43.4 Å². The molecule has 0 aromatic heterocycles. The number of Topliss-reactive ketones (excluding diaryl/α,β-unsaturated/α-hetero) is 1. The van der Waals surface area contributed by atoms with Gasteiger partial charge in [-0.2, -0.15) is 0 Å². The SMILES string of the molecule is C=C(CC[C@@H](C)[C@H]1CC[C@H]2C3=C(C(=O)C[C@]12C)[C@@]1(C)CC[C@@H](O)[C@](C)(O)[C@@H]1C[C@@H]3O)C(C)C. The number of carbonyl (C=O) groups excluding carboxylic acids is 1. The zero-order valence-electron chi connectivity index (χ0n) is 21.7. The van der Waals surface area contributed by atoms with Gasteiger partial charge in [-0.1, -0.05) is 46.8 Å². The molecule has 0 spiro atoms. The van der Waals surface area contributed by atoms with Crippen LogP contribution in [0.4, 0.5) is 0 Å². The van der Waals surface area contributed by atoms with Gasteiger partial charge in [0.05, 0.1) is 17.8 Å². The number of aliphatic hydroxyl groups excluding tert-OH is 2. The van der Waals surface area contributed by atoms with Crippen LogP contribution in [-0.2, 0) is 4.79 Å². The first-order chi connectivity index (χ1) is 15.2. The Balaban J connectivity index is 1.67. The molecule has 0 radical (unpaired) electrons. The topological polar surface area (TPSA) is 77.8 Å². The van der Waals surface area contributed by atoms with Gasteiger partial charge in [0, 0.05) is 23.3 Å². The molecule has 2 saturated carbocycles. The maximum Gasteiger partial charge on any atom is 0.160 e. The molecular weight excluding hydrogens is 412 g/mol. The lowest BCUT2D eigenvalue weighted by Gasteiger charge is -2.59. The summed E-state index contributed by atoms with van der Waals surface area (Å²) >= 11 is 0. The third kappa shape index (κ3) is 3.70. The molecule has 0 saturated heterocycles. The van der Waals surface area contributed by atoms with E-state index in [1.54, 1.807) is 6.92 Å². The quantitative estimate of drug-likeness (QED) is 0.494. The second-order valence-corrected chi connectivity index (χ2v) is 13.0. The summed E-state index contributed by atoms with van der Waals surface area (Å²) in [6, 6.07) is 0. The van der Waals surface area contributed by atoms with Crippen molar-refractivity contribution >= 4 is 5.78 Å². The Kier molecular flexibility index (Phi) is 6.33. The summed E-state index contributed by atoms with van der Waals surface area (Å²) in [5, 5.41) is 33.1. The van der Waals surface area contributed by atoms with Gasteiger partial charge in [-0.3, -0.25) is 4.79 Å². The van der Waals surface area contributed by atoms with E-state index in [0.717, 1.165) is 36.8 Å². The highest BCUT2D eigenvalue weighted by Gasteiger charge is 2.63. The molecule has 0 aliphatic heterocycles. The molecule has 0 aromatic rings. The van der Waals surface area contributed by atoms with E-state index in [-0.39, 0.29) is 23.0 Å². The van der Waals surface area contributed by atoms with Crippen molar-refractivity contribution in [2.45, 2.75) is 111 Å². The van der Waals surface area contributed by atoms with Crippen molar-refractivity contribution in [1.29, 1.82) is 0 Å². The molecular formula is C29H46O4. The smallest absolute Gasteiger partial charge is 0.160 e. The van der Waals surface area contributed by atoms with Gasteiger partial charge in [0.1, 0.15) is 0 Å². The Morgan fingerprint density at radius 3 is 2.42 bits per heavy atom. The predicted octanol–water partition coefficient (Wildman–Crippen LogP) is 5.21. The average molecular weight is 459 g/mol. The summed E-state index contributed by atoms with van der Waals surface area (Å²) in [5.74, 6) is 1.58. The minimum atomic E-state index is -1.29. The first kappa shape index (κ1) is 25.1. The van der Waals surface area contributed by atoms with Gasteiger partial charge in [0.25, 0.3) is 0 Å². The van der Waals surface area contributed by atoms with E-state index >= 15 is 0 Å². The maximum atomic E-state index is 13.9. The highest BCUT2D eigenvalue weighted by molar-refractivity contribution is 5.99. The third-order valence-corrected chi connectivity index (χ3v) is 10.8. The van der Waals surface area contributed by atoms with E-state index in [1.807, 2.05) is 0 Å². The van der Waals surface area contributed by atoms with Crippen molar-refractivity contribution in [2.75, 3.05) is 0 Å². The number of aliphatic hydroxyl groups is 3. The van der Waals surface area contributed by atoms with Crippen LogP contribution >= 0.6 is 0 Å². The van der Waals surface area contributed by atoms with Crippen molar-refractivity contribution in [2.24, 2.45) is 40.4 Å². The number of hydrogen-bond donors (Lipinski definition) is 3. The second-order valence-electron chi connectivity index (χ2n) is 13.0. The molecule has 0 aromatic carbocycles. The van der Waals surface area contributed by atoms with Gasteiger partial charge in [-0.05, 0) is 86.5 Å². The monoisotopic (exact) mass is 458 g/mol. The van der Waals surface area contributed by atoms with Gasteiger partial charge in [0.15, 0.2) is 5.78 Å². The summed E-state index contributed by atoms with van der Waals surface area (Å²) in [7, 11) is 0. The molecule has 0 amide bonds. The molecule has 33 heavy (non-hydrogen) atoms. The highest BCUT2D eigenvalue weighted by atomic mass is 16.3. The van der Waals surface area contributed by atoms with Crippen LogP contribution in [0.5, 0.6) is 0 Å². The van der Waals surface area contributed by atoms with Crippen LogP contribution in [0.3, 0.4) is 0 Å². The Bertz CT molecular complexity index is 854. The standard InChI is InChI=1S/C29H46O4/c1-16(2)17(3)8-9-18(4)19-10-11-20-25-21(30)14-23-27(5,13-12-24(32)29(23,7)33)26(25)22(31)15-28(19,20)6/h16,18-21,23-24,30,32-33H,3,8-15H2,1-2,4-7H3/t18-,19-,20+,21+,23-,24-,27+,28-,29-/m1/s1. The van der Waals surface area contributed by atoms with Gasteiger partial charge in [0.2, 0.25) is 0 Å². The molecule has 3 N–H and O–H groups in total. The molecule has 0 bridgehead atoms. The van der Waals surface area contributed by atoms with Crippen molar-refractivity contribution < 1.29 is 20.1 Å². The van der Waals surface area contributed by atoms with Gasteiger partial charge >= 0.3 is 0 Å². The molecule has 4 rings (SSSR count). The number of rotatable bonds is 5. The number of ketones is 1. The molecule has 4 nitrogen and oxygen atoms in total. The van der Waals surface area contributed by atoms with Crippen LogP contribution in [0.25, 0.3) is 0 Å². The van der Waals surface area contributed by atoms with E-state index in [1.165, 1.54) is 5.57 Å². The van der Waals surface area contributed by atoms with Crippen LogP contribution < -0.4 is 0 Å². The van der Waals surface area contributed by atoms with Crippen LogP contribution in [0.2, 0.25) is 0 Å². The van der Waals surface area contributed by atoms with Crippen molar-refractivity contribution in [3.05, 3.63) is 23.3 Å². The van der Waals surface area contributed by atoms with E-state index in [2.05, 4.69) is 41.2 Å². The molecule has 9 atom stereocenters. The molecule has 4 heteroatoms. The van der Waals surface area contributed by atoms with Gasteiger partial charge in [-0.15, -0.1) is 0 Å². The number of fused-ring (bicyclic) bond motifs is 4. The number of hydrogen-bond acceptors (Lipinski definition) is 4. The van der Waals surface area contributed by atoms with Crippen LogP contribution in [-0.4, -0.2) is 38.9 Å². The van der Waals surface area contributed by atoms with E-state index in [9.17, 15) is 20.1 Å². The fraction of sp³-hybridized carbons (Fsp3) is 0.828. The second kappa shape index (κ2) is 8.31. The largest absolute Gasteiger partial charge is 0.390 e. The molecule has 4 aliphatic carbocycles. The van der Waals surface area contributed by atoms with Gasteiger partial charge in [-0.25, -0.2) is 0 Å². The zero-order valence-corrected chi connectivity index (χ0v) is 21.7. The van der Waals surface area contributed by atoms with E-state index < -0.39 is 23.2 Å². The van der Waals surface area contributed by atoms with Crippen molar-refractivity contribution in [1.82, 2.24) is 0 Å². The zero-order chi connectivity index (χ0) is 24.5. The first-order valence-electron chi connectivity index (χ1n) is 13.3. The highest BCUT2D eigenvalue weighted by Crippen LogP contribution is 2.66. The average Bonchev–Trinajstić information content (AvgIpc) is 3.07. The lowest BCUT2D eigenvalue weighted by Crippen LogP contribution is -2.61. The summed E-state index contributed by atoms with van der Waals surface area (Å²) in [6.45, 7) is 17.1. The fourth-order valence-corrected chi connectivity index (χ4v) is 8.61. The lowest BCUT2D eigenvalue weighted by atomic mass is 9.47. The minimum absolute atomic E-state index is 0.116.